The van der Waals surface area contributed by atoms with Gasteiger partial charge in [0.15, 0.2) is 0 Å². The van der Waals surface area contributed by atoms with Gasteiger partial charge in [0, 0.05) is 25.4 Å². The molecule has 1 aromatic carbocycles. The second kappa shape index (κ2) is 6.53. The predicted octanol–water partition coefficient (Wildman–Crippen LogP) is 2.86. The van der Waals surface area contributed by atoms with Crippen LogP contribution in [-0.2, 0) is 17.6 Å². The van der Waals surface area contributed by atoms with Crippen LogP contribution in [0.5, 0.6) is 0 Å². The number of carbonyl (C=O) groups excluding carboxylic acids is 1. The van der Waals surface area contributed by atoms with E-state index in [-0.39, 0.29) is 5.91 Å². The Labute approximate surface area is 125 Å². The molecule has 2 aromatic rings. The van der Waals surface area contributed by atoms with E-state index in [1.165, 1.54) is 11.1 Å². The van der Waals surface area contributed by atoms with Crippen LogP contribution in [0.1, 0.15) is 35.4 Å². The van der Waals surface area contributed by atoms with E-state index in [1.807, 2.05) is 18.3 Å². The second-order valence-electron chi connectivity index (χ2n) is 5.60. The fraction of sp³-hybridized carbons (Fsp3) is 0.333. The van der Waals surface area contributed by atoms with E-state index in [0.29, 0.717) is 18.9 Å². The molecule has 21 heavy (non-hydrogen) atoms. The van der Waals surface area contributed by atoms with Gasteiger partial charge >= 0.3 is 0 Å². The summed E-state index contributed by atoms with van der Waals surface area (Å²) >= 11 is 0. The molecule has 1 aromatic heterocycles. The average molecular weight is 280 g/mol. The van der Waals surface area contributed by atoms with Crippen LogP contribution >= 0.6 is 0 Å². The van der Waals surface area contributed by atoms with Crippen LogP contribution in [0.2, 0.25) is 0 Å². The first kappa shape index (κ1) is 13.8. The summed E-state index contributed by atoms with van der Waals surface area (Å²) in [5.41, 5.74) is 3.93. The molecule has 0 fully saturated rings. The van der Waals surface area contributed by atoms with Gasteiger partial charge in [-0.3, -0.25) is 9.78 Å². The lowest BCUT2D eigenvalue weighted by Gasteiger charge is -2.11. The maximum absolute atomic E-state index is 12.1. The van der Waals surface area contributed by atoms with Gasteiger partial charge in [0.05, 0.1) is 0 Å². The van der Waals surface area contributed by atoms with Crippen molar-refractivity contribution in [3.05, 3.63) is 65.5 Å². The van der Waals surface area contributed by atoms with Gasteiger partial charge in [0.2, 0.25) is 5.91 Å². The third-order valence-electron chi connectivity index (χ3n) is 4.15. The minimum atomic E-state index is 0.153. The van der Waals surface area contributed by atoms with Gasteiger partial charge in [0.1, 0.15) is 0 Å². The molecule has 0 saturated carbocycles. The number of carbonyl (C=O) groups is 1. The first-order valence-electron chi connectivity index (χ1n) is 7.56. The van der Waals surface area contributed by atoms with Gasteiger partial charge in [-0.05, 0) is 47.9 Å². The van der Waals surface area contributed by atoms with Crippen LogP contribution in [0.3, 0.4) is 0 Å². The zero-order valence-corrected chi connectivity index (χ0v) is 12.1. The molecular formula is C18H20N2O. The highest BCUT2D eigenvalue weighted by molar-refractivity contribution is 5.77. The van der Waals surface area contributed by atoms with Crippen LogP contribution in [0.25, 0.3) is 0 Å². The van der Waals surface area contributed by atoms with Crippen LogP contribution in [0.15, 0.2) is 48.8 Å². The molecule has 1 heterocycles. The molecule has 0 radical (unpaired) electrons. The first-order chi connectivity index (χ1) is 10.3. The summed E-state index contributed by atoms with van der Waals surface area (Å²) < 4.78 is 0. The molecule has 0 saturated heterocycles. The summed E-state index contributed by atoms with van der Waals surface area (Å²) in [6, 6.07) is 12.4. The topological polar surface area (TPSA) is 42.0 Å². The maximum atomic E-state index is 12.1. The number of pyridine rings is 1. The van der Waals surface area contributed by atoms with Crippen molar-refractivity contribution in [2.75, 3.05) is 6.54 Å². The van der Waals surface area contributed by atoms with Crippen LogP contribution in [0.4, 0.5) is 0 Å². The summed E-state index contributed by atoms with van der Waals surface area (Å²) in [5.74, 6) is 0.542. The van der Waals surface area contributed by atoms with Crippen molar-refractivity contribution in [3.63, 3.8) is 0 Å². The molecular weight excluding hydrogens is 260 g/mol. The fourth-order valence-electron chi connectivity index (χ4n) is 3.05. The smallest absolute Gasteiger partial charge is 0.220 e. The van der Waals surface area contributed by atoms with E-state index in [2.05, 4.69) is 34.6 Å². The first-order valence-corrected chi connectivity index (χ1v) is 7.56. The van der Waals surface area contributed by atoms with Crippen molar-refractivity contribution < 1.29 is 4.79 Å². The highest BCUT2D eigenvalue weighted by Crippen LogP contribution is 2.34. The highest BCUT2D eigenvalue weighted by atomic mass is 16.1. The number of fused-ring (bicyclic) bond motifs is 1. The molecule has 3 heteroatoms. The van der Waals surface area contributed by atoms with E-state index >= 15 is 0 Å². The molecule has 1 aliphatic carbocycles. The number of nitrogens with zero attached hydrogens (tertiary/aromatic N) is 1. The molecule has 1 unspecified atom stereocenters. The lowest BCUT2D eigenvalue weighted by Crippen LogP contribution is -2.26. The standard InChI is InChI=1S/C18H20N2O/c21-18(20-11-9-14-4-3-10-19-13-14)12-16-8-7-15-5-1-2-6-17(15)16/h1-6,10,13,16H,7-9,11-12H2,(H,20,21). The quantitative estimate of drug-likeness (QED) is 0.915. The van der Waals surface area contributed by atoms with E-state index in [1.54, 1.807) is 6.20 Å². The Balaban J connectivity index is 1.47. The van der Waals surface area contributed by atoms with Gasteiger partial charge in [-0.1, -0.05) is 30.3 Å². The van der Waals surface area contributed by atoms with Crippen molar-refractivity contribution in [3.8, 4) is 0 Å². The van der Waals surface area contributed by atoms with E-state index < -0.39 is 0 Å². The normalized spacial score (nSPS) is 16.5. The molecule has 3 rings (SSSR count). The number of hydrogen-bond acceptors (Lipinski definition) is 2. The second-order valence-corrected chi connectivity index (χ2v) is 5.60. The highest BCUT2D eigenvalue weighted by Gasteiger charge is 2.23. The number of rotatable bonds is 5. The summed E-state index contributed by atoms with van der Waals surface area (Å²) in [4.78, 5) is 16.2. The van der Waals surface area contributed by atoms with Crippen molar-refractivity contribution in [2.45, 2.75) is 31.6 Å². The lowest BCUT2D eigenvalue weighted by molar-refractivity contribution is -0.121. The number of amides is 1. The fourth-order valence-corrected chi connectivity index (χ4v) is 3.05. The number of benzene rings is 1. The zero-order chi connectivity index (χ0) is 14.5. The van der Waals surface area contributed by atoms with E-state index in [9.17, 15) is 4.79 Å². The Kier molecular flexibility index (Phi) is 4.29. The van der Waals surface area contributed by atoms with Gasteiger partial charge < -0.3 is 5.32 Å². The molecule has 0 aliphatic heterocycles. The SMILES string of the molecule is O=C(CC1CCc2ccccc21)NCCc1cccnc1. The molecule has 1 amide bonds. The molecule has 1 N–H and O–H groups in total. The van der Waals surface area contributed by atoms with Crippen molar-refractivity contribution in [2.24, 2.45) is 0 Å². The monoisotopic (exact) mass is 280 g/mol. The molecule has 0 bridgehead atoms. The van der Waals surface area contributed by atoms with Crippen molar-refractivity contribution >= 4 is 5.91 Å². The van der Waals surface area contributed by atoms with Crippen LogP contribution < -0.4 is 5.32 Å². The average Bonchev–Trinajstić information content (AvgIpc) is 2.92. The van der Waals surface area contributed by atoms with Crippen LogP contribution in [-0.4, -0.2) is 17.4 Å². The summed E-state index contributed by atoms with van der Waals surface area (Å²) in [5, 5.41) is 3.02. The Morgan fingerprint density at radius 1 is 1.24 bits per heavy atom. The van der Waals surface area contributed by atoms with Crippen molar-refractivity contribution in [1.29, 1.82) is 0 Å². The number of aryl methyl sites for hydroxylation is 1. The third kappa shape index (κ3) is 3.48. The maximum Gasteiger partial charge on any atom is 0.220 e. The Bertz CT molecular complexity index is 610. The molecule has 1 aliphatic rings. The van der Waals surface area contributed by atoms with Gasteiger partial charge in [-0.15, -0.1) is 0 Å². The number of nitrogens with one attached hydrogen (secondary N) is 1. The molecule has 3 nitrogen and oxygen atoms in total. The Morgan fingerprint density at radius 2 is 2.14 bits per heavy atom. The summed E-state index contributed by atoms with van der Waals surface area (Å²) in [6.45, 7) is 0.679. The molecule has 0 spiro atoms. The molecule has 108 valence electrons. The van der Waals surface area contributed by atoms with E-state index in [4.69, 9.17) is 0 Å². The minimum Gasteiger partial charge on any atom is -0.356 e. The van der Waals surface area contributed by atoms with Gasteiger partial charge in [-0.25, -0.2) is 0 Å². The summed E-state index contributed by atoms with van der Waals surface area (Å²) in [6.07, 6.45) is 7.24. The Hall–Kier alpha value is -2.16. The largest absolute Gasteiger partial charge is 0.356 e. The predicted molar refractivity (Wildman–Crippen MR) is 83.1 cm³/mol. The number of hydrogen-bond donors (Lipinski definition) is 1. The Morgan fingerprint density at radius 3 is 3.00 bits per heavy atom. The van der Waals surface area contributed by atoms with Crippen LogP contribution in [0, 0.1) is 0 Å². The third-order valence-corrected chi connectivity index (χ3v) is 4.15. The number of aromatic nitrogens is 1. The zero-order valence-electron chi connectivity index (χ0n) is 12.1. The lowest BCUT2D eigenvalue weighted by atomic mass is 9.97. The molecule has 1 atom stereocenters. The summed E-state index contributed by atoms with van der Waals surface area (Å²) in [7, 11) is 0. The minimum absolute atomic E-state index is 0.153. The van der Waals surface area contributed by atoms with Gasteiger partial charge in [0.25, 0.3) is 0 Å². The van der Waals surface area contributed by atoms with Gasteiger partial charge in [-0.2, -0.15) is 0 Å². The van der Waals surface area contributed by atoms with E-state index in [0.717, 1.165) is 24.8 Å². The van der Waals surface area contributed by atoms with Crippen molar-refractivity contribution in [1.82, 2.24) is 10.3 Å².